The number of aromatic nitrogens is 2. The first kappa shape index (κ1) is 15.7. The molecule has 5 heteroatoms. The van der Waals surface area contributed by atoms with Crippen LogP contribution in [0.1, 0.15) is 21.5 Å². The van der Waals surface area contributed by atoms with E-state index in [1.807, 2.05) is 31.2 Å². The van der Waals surface area contributed by atoms with Gasteiger partial charge in [-0.2, -0.15) is 0 Å². The van der Waals surface area contributed by atoms with Crippen molar-refractivity contribution in [2.75, 3.05) is 5.32 Å². The second kappa shape index (κ2) is 6.91. The summed E-state index contributed by atoms with van der Waals surface area (Å²) >= 11 is 0. The van der Waals surface area contributed by atoms with E-state index < -0.39 is 5.91 Å². The fourth-order valence-corrected chi connectivity index (χ4v) is 2.46. The number of rotatable bonds is 4. The predicted octanol–water partition coefficient (Wildman–Crippen LogP) is 2.85. The number of benzene rings is 1. The molecule has 24 heavy (non-hydrogen) atoms. The number of hydrogen-bond donors (Lipinski definition) is 1. The van der Waals surface area contributed by atoms with Gasteiger partial charge in [0, 0.05) is 12.4 Å². The first-order valence-electron chi connectivity index (χ1n) is 7.61. The van der Waals surface area contributed by atoms with Gasteiger partial charge in [-0.15, -0.1) is 0 Å². The second-order valence-corrected chi connectivity index (χ2v) is 5.51. The smallest absolute Gasteiger partial charge is 0.263 e. The van der Waals surface area contributed by atoms with Crippen LogP contribution in [-0.2, 0) is 6.54 Å². The van der Waals surface area contributed by atoms with Gasteiger partial charge in [0.15, 0.2) is 0 Å². The molecule has 0 aliphatic rings. The van der Waals surface area contributed by atoms with Crippen molar-refractivity contribution in [3.8, 4) is 0 Å². The number of pyridine rings is 2. The highest BCUT2D eigenvalue weighted by molar-refractivity contribution is 6.03. The van der Waals surface area contributed by atoms with Gasteiger partial charge in [0.25, 0.3) is 11.5 Å². The topological polar surface area (TPSA) is 64.0 Å². The quantitative estimate of drug-likeness (QED) is 0.804. The van der Waals surface area contributed by atoms with Crippen LogP contribution in [0.5, 0.6) is 0 Å². The van der Waals surface area contributed by atoms with Gasteiger partial charge >= 0.3 is 0 Å². The van der Waals surface area contributed by atoms with Crippen LogP contribution in [0.25, 0.3) is 0 Å². The zero-order valence-corrected chi connectivity index (χ0v) is 13.3. The van der Waals surface area contributed by atoms with Crippen LogP contribution in [0, 0.1) is 6.92 Å². The Labute approximate surface area is 139 Å². The van der Waals surface area contributed by atoms with Crippen LogP contribution >= 0.6 is 0 Å². The van der Waals surface area contributed by atoms with Crippen LogP contribution in [0.3, 0.4) is 0 Å². The summed E-state index contributed by atoms with van der Waals surface area (Å²) in [4.78, 5) is 28.9. The molecule has 0 unspecified atom stereocenters. The van der Waals surface area contributed by atoms with Crippen molar-refractivity contribution >= 4 is 11.7 Å². The van der Waals surface area contributed by atoms with Crippen molar-refractivity contribution in [3.05, 3.63) is 94.0 Å². The van der Waals surface area contributed by atoms with E-state index in [-0.39, 0.29) is 11.1 Å². The molecule has 0 radical (unpaired) electrons. The molecule has 0 aliphatic carbocycles. The normalized spacial score (nSPS) is 10.4. The summed E-state index contributed by atoms with van der Waals surface area (Å²) in [5, 5.41) is 2.64. The summed E-state index contributed by atoms with van der Waals surface area (Å²) < 4.78 is 1.53. The molecule has 0 saturated carbocycles. The van der Waals surface area contributed by atoms with Gasteiger partial charge in [0.1, 0.15) is 11.4 Å². The highest BCUT2D eigenvalue weighted by Crippen LogP contribution is 2.06. The van der Waals surface area contributed by atoms with Gasteiger partial charge in [-0.25, -0.2) is 4.98 Å². The van der Waals surface area contributed by atoms with E-state index in [2.05, 4.69) is 10.3 Å². The molecule has 1 amide bonds. The second-order valence-electron chi connectivity index (χ2n) is 5.51. The van der Waals surface area contributed by atoms with Crippen molar-refractivity contribution in [1.29, 1.82) is 0 Å². The summed E-state index contributed by atoms with van der Waals surface area (Å²) in [6, 6.07) is 16.4. The van der Waals surface area contributed by atoms with Gasteiger partial charge in [-0.3, -0.25) is 9.59 Å². The lowest BCUT2D eigenvalue weighted by Gasteiger charge is -2.09. The zero-order chi connectivity index (χ0) is 16.9. The third-order valence-corrected chi connectivity index (χ3v) is 3.61. The number of anilines is 1. The maximum absolute atomic E-state index is 12.6. The van der Waals surface area contributed by atoms with E-state index in [0.717, 1.165) is 11.1 Å². The van der Waals surface area contributed by atoms with Gasteiger partial charge < -0.3 is 9.88 Å². The number of carbonyl (C=O) groups is 1. The molecule has 2 heterocycles. The largest absolute Gasteiger partial charge is 0.310 e. The number of amides is 1. The van der Waals surface area contributed by atoms with Crippen LogP contribution < -0.4 is 10.9 Å². The first-order chi connectivity index (χ1) is 11.6. The molecule has 0 atom stereocenters. The van der Waals surface area contributed by atoms with Crippen LogP contribution in [0.4, 0.5) is 5.82 Å². The minimum absolute atomic E-state index is 0.0933. The lowest BCUT2D eigenvalue weighted by Crippen LogP contribution is -2.29. The lowest BCUT2D eigenvalue weighted by molar-refractivity contribution is 0.102. The average molecular weight is 319 g/mol. The van der Waals surface area contributed by atoms with Crippen molar-refractivity contribution < 1.29 is 4.79 Å². The minimum Gasteiger partial charge on any atom is -0.310 e. The van der Waals surface area contributed by atoms with Gasteiger partial charge in [-0.05, 0) is 36.8 Å². The molecule has 120 valence electrons. The summed E-state index contributed by atoms with van der Waals surface area (Å²) in [6.45, 7) is 2.42. The van der Waals surface area contributed by atoms with Crippen molar-refractivity contribution in [2.45, 2.75) is 13.5 Å². The Morgan fingerprint density at radius 3 is 2.75 bits per heavy atom. The Morgan fingerprint density at radius 2 is 2.00 bits per heavy atom. The lowest BCUT2D eigenvalue weighted by atomic mass is 10.1. The molecule has 3 aromatic rings. The van der Waals surface area contributed by atoms with Crippen molar-refractivity contribution in [3.63, 3.8) is 0 Å². The Kier molecular flexibility index (Phi) is 4.52. The number of nitrogens with zero attached hydrogens (tertiary/aromatic N) is 2. The van der Waals surface area contributed by atoms with E-state index in [4.69, 9.17) is 0 Å². The number of nitrogens with one attached hydrogen (secondary N) is 1. The van der Waals surface area contributed by atoms with Crippen LogP contribution in [0.15, 0.2) is 71.8 Å². The molecule has 1 N–H and O–H groups in total. The summed E-state index contributed by atoms with van der Waals surface area (Å²) in [6.07, 6.45) is 3.26. The highest BCUT2D eigenvalue weighted by atomic mass is 16.2. The first-order valence-corrected chi connectivity index (χ1v) is 7.61. The van der Waals surface area contributed by atoms with Crippen molar-refractivity contribution in [2.24, 2.45) is 0 Å². The highest BCUT2D eigenvalue weighted by Gasteiger charge is 2.13. The zero-order valence-electron chi connectivity index (χ0n) is 13.3. The van der Waals surface area contributed by atoms with E-state index in [1.165, 1.54) is 10.6 Å². The fraction of sp³-hybridized carbons (Fsp3) is 0.105. The van der Waals surface area contributed by atoms with Gasteiger partial charge in [-0.1, -0.05) is 35.9 Å². The Bertz CT molecular complexity index is 917. The maximum atomic E-state index is 12.6. The Morgan fingerprint density at radius 1 is 1.12 bits per heavy atom. The average Bonchev–Trinajstić information content (AvgIpc) is 2.58. The molecule has 0 bridgehead atoms. The Hall–Kier alpha value is -3.21. The molecule has 0 spiro atoms. The molecule has 3 rings (SSSR count). The molecular formula is C19H17N3O2. The minimum atomic E-state index is -0.461. The summed E-state index contributed by atoms with van der Waals surface area (Å²) in [7, 11) is 0. The van der Waals surface area contributed by atoms with E-state index in [9.17, 15) is 9.59 Å². The van der Waals surface area contributed by atoms with Crippen LogP contribution in [0.2, 0.25) is 0 Å². The van der Waals surface area contributed by atoms with Gasteiger partial charge in [0.2, 0.25) is 0 Å². The van der Waals surface area contributed by atoms with Gasteiger partial charge in [0.05, 0.1) is 6.54 Å². The predicted molar refractivity (Wildman–Crippen MR) is 93.2 cm³/mol. The molecule has 2 aromatic heterocycles. The maximum Gasteiger partial charge on any atom is 0.263 e. The monoisotopic (exact) mass is 319 g/mol. The van der Waals surface area contributed by atoms with Crippen LogP contribution in [-0.4, -0.2) is 15.5 Å². The number of aryl methyl sites for hydroxylation is 1. The molecule has 5 nitrogen and oxygen atoms in total. The van der Waals surface area contributed by atoms with E-state index in [1.54, 1.807) is 36.7 Å². The molecular weight excluding hydrogens is 302 g/mol. The Balaban J connectivity index is 1.85. The third-order valence-electron chi connectivity index (χ3n) is 3.61. The van der Waals surface area contributed by atoms with E-state index in [0.29, 0.717) is 12.4 Å². The van der Waals surface area contributed by atoms with E-state index >= 15 is 0 Å². The third kappa shape index (κ3) is 3.57. The molecule has 1 aromatic carbocycles. The fourth-order valence-electron chi connectivity index (χ4n) is 2.46. The summed E-state index contributed by atoms with van der Waals surface area (Å²) in [5.74, 6) is -0.0479. The summed E-state index contributed by atoms with van der Waals surface area (Å²) in [5.41, 5.74) is 1.91. The van der Waals surface area contributed by atoms with Crippen molar-refractivity contribution in [1.82, 2.24) is 9.55 Å². The molecule has 0 saturated heterocycles. The molecule has 0 fully saturated rings. The number of hydrogen-bond acceptors (Lipinski definition) is 3. The SMILES string of the molecule is Cc1cccc(Cn2cccc(C(=O)Nc3ccccn3)c2=O)c1. The molecule has 0 aliphatic heterocycles. The standard InChI is InChI=1S/C19H17N3O2/c1-14-6-4-7-15(12-14)13-22-11-5-8-16(19(22)24)18(23)21-17-9-2-3-10-20-17/h2-12H,13H2,1H3,(H,20,21,23). The number of carbonyl (C=O) groups excluding carboxylic acids is 1.